The first kappa shape index (κ1) is 9.71. The van der Waals surface area contributed by atoms with Gasteiger partial charge in [-0.15, -0.1) is 0 Å². The summed E-state index contributed by atoms with van der Waals surface area (Å²) in [6, 6.07) is 0. The van der Waals surface area contributed by atoms with Crippen molar-refractivity contribution in [2.75, 3.05) is 6.61 Å². The van der Waals surface area contributed by atoms with Gasteiger partial charge in [0.1, 0.15) is 5.76 Å². The quantitative estimate of drug-likeness (QED) is 0.784. The van der Waals surface area contributed by atoms with Crippen molar-refractivity contribution in [2.45, 2.75) is 39.5 Å². The average Bonchev–Trinajstić information content (AvgIpc) is 2.49. The normalized spacial score (nSPS) is 29.2. The smallest absolute Gasteiger partial charge is 0.137 e. The predicted molar refractivity (Wildman–Crippen MR) is 53.1 cm³/mol. The molecule has 0 spiro atoms. The third-order valence-electron chi connectivity index (χ3n) is 3.70. The lowest BCUT2D eigenvalue weighted by Gasteiger charge is -2.17. The molecule has 1 heterocycles. The molecular formula is C11H17NO2. The number of nitrogens with zero attached hydrogens (tertiary/aromatic N) is 1. The summed E-state index contributed by atoms with van der Waals surface area (Å²) >= 11 is 0. The summed E-state index contributed by atoms with van der Waals surface area (Å²) in [4.78, 5) is 0. The largest absolute Gasteiger partial charge is 0.395 e. The summed E-state index contributed by atoms with van der Waals surface area (Å²) in [7, 11) is 0. The van der Waals surface area contributed by atoms with Crippen LogP contribution in [0.15, 0.2) is 4.52 Å². The topological polar surface area (TPSA) is 46.3 Å². The van der Waals surface area contributed by atoms with Crippen LogP contribution in [0.1, 0.15) is 37.3 Å². The van der Waals surface area contributed by atoms with Crippen molar-refractivity contribution in [1.82, 2.24) is 5.16 Å². The molecule has 2 rings (SSSR count). The molecule has 1 fully saturated rings. The Hall–Kier alpha value is -0.830. The summed E-state index contributed by atoms with van der Waals surface area (Å²) in [6.45, 7) is 8.39. The van der Waals surface area contributed by atoms with Gasteiger partial charge in [0.15, 0.2) is 0 Å². The molecular weight excluding hydrogens is 178 g/mol. The molecule has 3 nitrogen and oxygen atoms in total. The van der Waals surface area contributed by atoms with Gasteiger partial charge >= 0.3 is 0 Å². The van der Waals surface area contributed by atoms with Gasteiger partial charge in [0, 0.05) is 11.0 Å². The minimum absolute atomic E-state index is 0.110. The number of aliphatic hydroxyl groups is 1. The van der Waals surface area contributed by atoms with Crippen LogP contribution in [0.3, 0.4) is 0 Å². The molecule has 0 radical (unpaired) electrons. The van der Waals surface area contributed by atoms with Crippen molar-refractivity contribution < 1.29 is 9.63 Å². The second kappa shape index (κ2) is 2.60. The van der Waals surface area contributed by atoms with Crippen LogP contribution >= 0.6 is 0 Å². The molecule has 0 aromatic carbocycles. The molecule has 1 atom stereocenters. The van der Waals surface area contributed by atoms with Gasteiger partial charge < -0.3 is 9.63 Å². The molecule has 1 unspecified atom stereocenters. The maximum Gasteiger partial charge on any atom is 0.137 e. The molecule has 1 aliphatic carbocycles. The fourth-order valence-electron chi connectivity index (χ4n) is 2.65. The maximum absolute atomic E-state index is 9.54. The van der Waals surface area contributed by atoms with Gasteiger partial charge in [0.05, 0.1) is 12.3 Å². The van der Waals surface area contributed by atoms with Crippen molar-refractivity contribution in [1.29, 1.82) is 0 Å². The zero-order valence-electron chi connectivity index (χ0n) is 9.22. The minimum atomic E-state index is -0.110. The number of hydrogen-bond acceptors (Lipinski definition) is 3. The minimum Gasteiger partial charge on any atom is -0.395 e. The molecule has 1 N–H and O–H groups in total. The van der Waals surface area contributed by atoms with Crippen LogP contribution in [-0.4, -0.2) is 16.9 Å². The van der Waals surface area contributed by atoms with Crippen molar-refractivity contribution in [3.8, 4) is 0 Å². The molecule has 14 heavy (non-hydrogen) atoms. The lowest BCUT2D eigenvalue weighted by atomic mass is 9.87. The van der Waals surface area contributed by atoms with E-state index in [9.17, 15) is 5.11 Å². The van der Waals surface area contributed by atoms with E-state index in [2.05, 4.69) is 19.0 Å². The highest BCUT2D eigenvalue weighted by Gasteiger charge is 2.63. The van der Waals surface area contributed by atoms with E-state index in [1.807, 2.05) is 13.8 Å². The SMILES string of the molecule is Cc1noc(C)c1C1(CO)CC1(C)C. The number of aromatic nitrogens is 1. The first-order valence-corrected chi connectivity index (χ1v) is 4.99. The van der Waals surface area contributed by atoms with Crippen molar-refractivity contribution in [2.24, 2.45) is 5.41 Å². The van der Waals surface area contributed by atoms with Crippen molar-refractivity contribution in [3.05, 3.63) is 17.0 Å². The summed E-state index contributed by atoms with van der Waals surface area (Å²) in [5, 5.41) is 13.5. The molecule has 1 saturated carbocycles. The number of aryl methyl sites for hydroxylation is 2. The van der Waals surface area contributed by atoms with Crippen molar-refractivity contribution >= 4 is 0 Å². The summed E-state index contributed by atoms with van der Waals surface area (Å²) in [5.41, 5.74) is 2.09. The first-order valence-electron chi connectivity index (χ1n) is 4.99. The van der Waals surface area contributed by atoms with E-state index in [0.29, 0.717) is 0 Å². The fourth-order valence-corrected chi connectivity index (χ4v) is 2.65. The van der Waals surface area contributed by atoms with Gasteiger partial charge in [-0.3, -0.25) is 0 Å². The van der Waals surface area contributed by atoms with Gasteiger partial charge in [0.2, 0.25) is 0 Å². The van der Waals surface area contributed by atoms with E-state index in [1.165, 1.54) is 0 Å². The van der Waals surface area contributed by atoms with E-state index in [0.717, 1.165) is 23.4 Å². The average molecular weight is 195 g/mol. The Balaban J connectivity index is 2.50. The fraction of sp³-hybridized carbons (Fsp3) is 0.727. The van der Waals surface area contributed by atoms with Crippen LogP contribution in [0.2, 0.25) is 0 Å². The highest BCUT2D eigenvalue weighted by molar-refractivity contribution is 5.41. The van der Waals surface area contributed by atoms with Crippen LogP contribution < -0.4 is 0 Å². The standard InChI is InChI=1S/C11H17NO2/c1-7-9(8(2)14-12-7)11(6-13)5-10(11,3)4/h13H,5-6H2,1-4H3. The number of aliphatic hydroxyl groups excluding tert-OH is 1. The predicted octanol–water partition coefficient (Wildman–Crippen LogP) is 1.95. The van der Waals surface area contributed by atoms with E-state index in [1.54, 1.807) is 0 Å². The lowest BCUT2D eigenvalue weighted by molar-refractivity contribution is 0.229. The van der Waals surface area contributed by atoms with E-state index in [4.69, 9.17) is 4.52 Å². The van der Waals surface area contributed by atoms with Gasteiger partial charge in [-0.1, -0.05) is 19.0 Å². The Morgan fingerprint density at radius 2 is 2.00 bits per heavy atom. The maximum atomic E-state index is 9.54. The monoisotopic (exact) mass is 195 g/mol. The van der Waals surface area contributed by atoms with Gasteiger partial charge in [-0.25, -0.2) is 0 Å². The van der Waals surface area contributed by atoms with Gasteiger partial charge in [-0.2, -0.15) is 0 Å². The Kier molecular flexibility index (Phi) is 1.80. The second-order valence-electron chi connectivity index (χ2n) is 5.00. The van der Waals surface area contributed by atoms with Crippen LogP contribution in [-0.2, 0) is 5.41 Å². The Bertz CT molecular complexity index is 348. The molecule has 1 aromatic heterocycles. The number of rotatable bonds is 2. The van der Waals surface area contributed by atoms with Crippen LogP contribution in [0.25, 0.3) is 0 Å². The van der Waals surface area contributed by atoms with Crippen LogP contribution in [0.4, 0.5) is 0 Å². The Morgan fingerprint density at radius 1 is 1.43 bits per heavy atom. The van der Waals surface area contributed by atoms with Crippen LogP contribution in [0, 0.1) is 19.3 Å². The molecule has 3 heteroatoms. The van der Waals surface area contributed by atoms with E-state index in [-0.39, 0.29) is 17.4 Å². The molecule has 0 amide bonds. The van der Waals surface area contributed by atoms with Crippen molar-refractivity contribution in [3.63, 3.8) is 0 Å². The Morgan fingerprint density at radius 3 is 2.29 bits per heavy atom. The van der Waals surface area contributed by atoms with Gasteiger partial charge in [-0.05, 0) is 25.7 Å². The Labute approximate surface area is 84.1 Å². The zero-order chi connectivity index (χ0) is 10.6. The van der Waals surface area contributed by atoms with E-state index < -0.39 is 0 Å². The molecule has 1 aliphatic rings. The van der Waals surface area contributed by atoms with Gasteiger partial charge in [0.25, 0.3) is 0 Å². The molecule has 78 valence electrons. The highest BCUT2D eigenvalue weighted by Crippen LogP contribution is 2.65. The zero-order valence-corrected chi connectivity index (χ0v) is 9.22. The second-order valence-corrected chi connectivity index (χ2v) is 5.00. The summed E-state index contributed by atoms with van der Waals surface area (Å²) in [5.74, 6) is 0.849. The molecule has 1 aromatic rings. The summed E-state index contributed by atoms with van der Waals surface area (Å²) in [6.07, 6.45) is 1.01. The molecule has 0 bridgehead atoms. The number of hydrogen-bond donors (Lipinski definition) is 1. The molecule has 0 aliphatic heterocycles. The molecule has 0 saturated heterocycles. The van der Waals surface area contributed by atoms with Crippen LogP contribution in [0.5, 0.6) is 0 Å². The third-order valence-corrected chi connectivity index (χ3v) is 3.70. The van der Waals surface area contributed by atoms with E-state index >= 15 is 0 Å². The first-order chi connectivity index (χ1) is 6.44. The lowest BCUT2D eigenvalue weighted by Crippen LogP contribution is -2.20. The highest BCUT2D eigenvalue weighted by atomic mass is 16.5. The summed E-state index contributed by atoms with van der Waals surface area (Å²) < 4.78 is 5.16. The third kappa shape index (κ3) is 0.989.